The Morgan fingerprint density at radius 1 is 0.792 bits per heavy atom. The Bertz CT molecular complexity index is 519. The van der Waals surface area contributed by atoms with E-state index >= 15 is 0 Å². The van der Waals surface area contributed by atoms with Crippen molar-refractivity contribution in [3.8, 4) is 0 Å². The highest BCUT2D eigenvalue weighted by Gasteiger charge is 2.88. The lowest BCUT2D eigenvalue weighted by Crippen LogP contribution is -2.69. The molecule has 0 saturated carbocycles. The van der Waals surface area contributed by atoms with Crippen LogP contribution in [0, 0.1) is 0 Å². The topological polar surface area (TPSA) is 66.4 Å². The largest absolute Gasteiger partial charge is 0.438 e. The van der Waals surface area contributed by atoms with Gasteiger partial charge in [-0.05, 0) is 14.1 Å². The highest BCUT2D eigenvalue weighted by atomic mass is 32.2. The van der Waals surface area contributed by atoms with Crippen LogP contribution in [-0.2, 0) is 10.1 Å². The Kier molecular flexibility index (Phi) is 7.55. The van der Waals surface area contributed by atoms with Gasteiger partial charge in [0.25, 0.3) is 0 Å². The number of nitrogens with one attached hydrogen (secondary N) is 1. The van der Waals surface area contributed by atoms with Crippen LogP contribution in [-0.4, -0.2) is 62.7 Å². The fourth-order valence-corrected chi connectivity index (χ4v) is 1.31. The van der Waals surface area contributed by atoms with Crippen LogP contribution < -0.4 is 5.32 Å². The molecule has 0 aromatic carbocycles. The Morgan fingerprint density at radius 2 is 1.08 bits per heavy atom. The van der Waals surface area contributed by atoms with Gasteiger partial charge in [-0.3, -0.25) is 4.55 Å². The molecule has 0 spiro atoms. The van der Waals surface area contributed by atoms with Crippen molar-refractivity contribution in [2.45, 2.75) is 28.9 Å². The third-order valence-electron chi connectivity index (χ3n) is 2.11. The fraction of sp³-hybridized carbons (Fsp3) is 1.00. The number of hydrogen-bond donors (Lipinski definition) is 2. The molecule has 0 heterocycles. The van der Waals surface area contributed by atoms with E-state index in [9.17, 15) is 56.7 Å². The van der Waals surface area contributed by atoms with Gasteiger partial charge >= 0.3 is 39.1 Å². The molecule has 0 unspecified atom stereocenters. The maximum atomic E-state index is 12.7. The van der Waals surface area contributed by atoms with Crippen molar-refractivity contribution in [3.63, 3.8) is 0 Å². The first kappa shape index (κ1) is 25.3. The van der Waals surface area contributed by atoms with Gasteiger partial charge in [0.15, 0.2) is 6.67 Å². The third kappa shape index (κ3) is 3.84. The average Bonchev–Trinajstić information content (AvgIpc) is 2.37. The molecule has 0 fully saturated rings. The van der Waals surface area contributed by atoms with E-state index in [4.69, 9.17) is 4.55 Å². The SMILES string of the molecule is CNC.O=S(=O)(O)C(F)(F)C(F)(F)C(F)(F)C(F)(F)C(F)(F)CF. The summed E-state index contributed by atoms with van der Waals surface area (Å²) in [5.74, 6) is -29.3. The van der Waals surface area contributed by atoms with Crippen LogP contribution in [0.2, 0.25) is 0 Å². The zero-order valence-corrected chi connectivity index (χ0v) is 12.4. The van der Waals surface area contributed by atoms with Gasteiger partial charge in [0.2, 0.25) is 0 Å². The van der Waals surface area contributed by atoms with Gasteiger partial charge in [0.05, 0.1) is 0 Å². The molecule has 4 nitrogen and oxygen atoms in total. The number of hydrogen-bond acceptors (Lipinski definition) is 3. The molecule has 0 atom stereocenters. The summed E-state index contributed by atoms with van der Waals surface area (Å²) in [5, 5.41) is -4.50. The van der Waals surface area contributed by atoms with E-state index in [0.717, 1.165) is 0 Å². The van der Waals surface area contributed by atoms with Crippen molar-refractivity contribution in [2.24, 2.45) is 0 Å². The lowest BCUT2D eigenvalue weighted by molar-refractivity contribution is -0.390. The van der Waals surface area contributed by atoms with Crippen LogP contribution >= 0.6 is 0 Å². The van der Waals surface area contributed by atoms with E-state index in [1.165, 1.54) is 0 Å². The van der Waals surface area contributed by atoms with E-state index in [1.54, 1.807) is 0 Å². The summed E-state index contributed by atoms with van der Waals surface area (Å²) in [6, 6.07) is 0. The first-order chi connectivity index (χ1) is 10.2. The summed E-state index contributed by atoms with van der Waals surface area (Å²) in [4.78, 5) is 0. The van der Waals surface area contributed by atoms with Crippen LogP contribution in [0.5, 0.6) is 0 Å². The second kappa shape index (κ2) is 7.15. The fourth-order valence-electron chi connectivity index (χ4n) is 0.856. The molecule has 0 aliphatic rings. The first-order valence-electron chi connectivity index (χ1n) is 5.23. The van der Waals surface area contributed by atoms with Crippen molar-refractivity contribution in [2.75, 3.05) is 20.8 Å². The normalized spacial score (nSPS) is 14.9. The molecule has 0 aromatic heterocycles. The molecule has 24 heavy (non-hydrogen) atoms. The molecule has 0 bridgehead atoms. The van der Waals surface area contributed by atoms with Gasteiger partial charge in [0.1, 0.15) is 0 Å². The molecule has 0 saturated heterocycles. The zero-order valence-electron chi connectivity index (χ0n) is 11.5. The van der Waals surface area contributed by atoms with E-state index < -0.39 is 45.7 Å². The Hall–Kier alpha value is -0.900. The predicted octanol–water partition coefficient (Wildman–Crippen LogP) is 2.81. The Labute approximate surface area is 127 Å². The van der Waals surface area contributed by atoms with E-state index in [1.807, 2.05) is 14.1 Å². The second-order valence-corrected chi connectivity index (χ2v) is 5.52. The lowest BCUT2D eigenvalue weighted by Gasteiger charge is -2.37. The van der Waals surface area contributed by atoms with Crippen molar-refractivity contribution < 1.29 is 61.3 Å². The van der Waals surface area contributed by atoms with Crippen LogP contribution in [0.3, 0.4) is 0 Å². The quantitative estimate of drug-likeness (QED) is 0.523. The minimum absolute atomic E-state index is 1.88. The summed E-state index contributed by atoms with van der Waals surface area (Å²) >= 11 is 0. The first-order valence-corrected chi connectivity index (χ1v) is 6.67. The van der Waals surface area contributed by atoms with E-state index in [2.05, 4.69) is 5.32 Å². The highest BCUT2D eigenvalue weighted by molar-refractivity contribution is 7.87. The van der Waals surface area contributed by atoms with Crippen LogP contribution in [0.25, 0.3) is 0 Å². The second-order valence-electron chi connectivity index (χ2n) is 4.05. The minimum atomic E-state index is -7.73. The van der Waals surface area contributed by atoms with Gasteiger partial charge in [-0.1, -0.05) is 0 Å². The minimum Gasteiger partial charge on any atom is -0.323 e. The van der Waals surface area contributed by atoms with Gasteiger partial charge in [0, 0.05) is 0 Å². The van der Waals surface area contributed by atoms with Gasteiger partial charge < -0.3 is 5.32 Å². The maximum absolute atomic E-state index is 12.7. The van der Waals surface area contributed by atoms with Gasteiger partial charge in [-0.2, -0.15) is 52.3 Å². The average molecular weight is 409 g/mol. The maximum Gasteiger partial charge on any atom is 0.438 e. The van der Waals surface area contributed by atoms with E-state index in [0.29, 0.717) is 0 Å². The van der Waals surface area contributed by atoms with Crippen LogP contribution in [0.4, 0.5) is 48.3 Å². The molecular formula is C8H10F11NO3S. The molecule has 0 aliphatic carbocycles. The summed E-state index contributed by atoms with van der Waals surface area (Å²) in [6.07, 6.45) is 0. The molecular weight excluding hydrogens is 399 g/mol. The number of halogens is 11. The molecule has 16 heteroatoms. The molecule has 0 radical (unpaired) electrons. The van der Waals surface area contributed by atoms with E-state index in [-0.39, 0.29) is 0 Å². The highest BCUT2D eigenvalue weighted by Crippen LogP contribution is 2.57. The van der Waals surface area contributed by atoms with Crippen molar-refractivity contribution in [3.05, 3.63) is 0 Å². The third-order valence-corrected chi connectivity index (χ3v) is 3.01. The lowest BCUT2D eigenvalue weighted by atomic mass is 9.99. The standard InChI is InChI=1S/C6H3F11O3S.C2H7N/c7-1-2(8,9)3(10,11)4(12,13)5(14,15)6(16,17)21(18,19)20;1-3-2/h1H2,(H,18,19,20);3H,1-2H3. The van der Waals surface area contributed by atoms with Gasteiger partial charge in [-0.25, -0.2) is 4.39 Å². The summed E-state index contributed by atoms with van der Waals surface area (Å²) in [5.41, 5.74) is 0. The molecule has 0 rings (SSSR count). The smallest absolute Gasteiger partial charge is 0.323 e. The monoisotopic (exact) mass is 409 g/mol. The van der Waals surface area contributed by atoms with Crippen LogP contribution in [0.15, 0.2) is 0 Å². The number of alkyl halides is 11. The number of rotatable bonds is 6. The molecule has 0 aliphatic heterocycles. The molecule has 0 aromatic rings. The molecule has 148 valence electrons. The Balaban J connectivity index is 0. The van der Waals surface area contributed by atoms with Crippen molar-refractivity contribution in [1.82, 2.24) is 5.32 Å². The summed E-state index contributed by atoms with van der Waals surface area (Å²) in [7, 11) is -3.64. The van der Waals surface area contributed by atoms with Gasteiger partial charge in [-0.15, -0.1) is 0 Å². The van der Waals surface area contributed by atoms with Crippen LogP contribution in [0.1, 0.15) is 0 Å². The molecule has 2 N–H and O–H groups in total. The predicted molar refractivity (Wildman–Crippen MR) is 57.2 cm³/mol. The Morgan fingerprint density at radius 3 is 1.29 bits per heavy atom. The summed E-state index contributed by atoms with van der Waals surface area (Å²) < 4.78 is 164. The summed E-state index contributed by atoms with van der Waals surface area (Å²) in [6.45, 7) is -3.64. The zero-order chi connectivity index (χ0) is 20.4. The van der Waals surface area contributed by atoms with Crippen molar-refractivity contribution >= 4 is 10.1 Å². The molecule has 0 amide bonds. The van der Waals surface area contributed by atoms with Crippen molar-refractivity contribution in [1.29, 1.82) is 0 Å².